The molecule has 2 bridgehead atoms. The Morgan fingerprint density at radius 2 is 1.76 bits per heavy atom. The standard InChI is InChI=1S/C27H24N4O3/c1-27-25(32)16(28-2)11-19(34-27)30-17-9-5-3-7-13(17)21-22-15(12-29-26(22)33)20-14-8-4-6-10-18(14)31(27)24(20)23(21)30/h3-10,16,19,25,28,32H,11-12H2,1-2H3,(H,29,33)/t16-,19?,25-,27+/m0/s1. The van der Waals surface area contributed by atoms with Crippen LogP contribution in [0.1, 0.15) is 35.5 Å². The van der Waals surface area contributed by atoms with Gasteiger partial charge in [-0.1, -0.05) is 36.4 Å². The van der Waals surface area contributed by atoms with E-state index >= 15 is 0 Å². The van der Waals surface area contributed by atoms with E-state index in [4.69, 9.17) is 4.74 Å². The van der Waals surface area contributed by atoms with Crippen molar-refractivity contribution in [1.82, 2.24) is 19.8 Å². The normalized spacial score (nSPS) is 27.7. The van der Waals surface area contributed by atoms with Gasteiger partial charge in [0, 0.05) is 40.6 Å². The van der Waals surface area contributed by atoms with Crippen molar-refractivity contribution in [2.75, 3.05) is 7.05 Å². The Morgan fingerprint density at radius 3 is 2.53 bits per heavy atom. The van der Waals surface area contributed by atoms with Gasteiger partial charge < -0.3 is 29.6 Å². The molecule has 0 spiro atoms. The molecule has 170 valence electrons. The zero-order chi connectivity index (χ0) is 22.9. The molecule has 5 heterocycles. The van der Waals surface area contributed by atoms with E-state index < -0.39 is 11.8 Å². The van der Waals surface area contributed by atoms with Gasteiger partial charge in [0.1, 0.15) is 12.3 Å². The van der Waals surface area contributed by atoms with Crippen molar-refractivity contribution in [3.8, 4) is 0 Å². The van der Waals surface area contributed by atoms with Crippen LogP contribution in [0.5, 0.6) is 0 Å². The molecule has 2 aromatic heterocycles. The third kappa shape index (κ3) is 1.92. The van der Waals surface area contributed by atoms with Crippen LogP contribution in [0.4, 0.5) is 0 Å². The van der Waals surface area contributed by atoms with Gasteiger partial charge in [0.2, 0.25) is 0 Å². The third-order valence-corrected chi connectivity index (χ3v) is 8.38. The predicted octanol–water partition coefficient (Wildman–Crippen LogP) is 3.70. The minimum Gasteiger partial charge on any atom is -0.386 e. The molecule has 1 amide bonds. The maximum atomic E-state index is 13.3. The number of aliphatic hydroxyl groups excluding tert-OH is 1. The number of amides is 1. The quantitative estimate of drug-likeness (QED) is 0.362. The molecule has 1 saturated heterocycles. The van der Waals surface area contributed by atoms with E-state index in [1.54, 1.807) is 0 Å². The van der Waals surface area contributed by atoms with Crippen LogP contribution in [0, 0.1) is 0 Å². The highest BCUT2D eigenvalue weighted by Crippen LogP contribution is 2.53. The Hall–Kier alpha value is -3.39. The number of likely N-dealkylation sites (N-methyl/N-ethyl adjacent to an activating group) is 1. The molecular formula is C27H24N4O3. The topological polar surface area (TPSA) is 80.4 Å². The van der Waals surface area contributed by atoms with Crippen LogP contribution in [0.25, 0.3) is 43.6 Å². The maximum absolute atomic E-state index is 13.3. The summed E-state index contributed by atoms with van der Waals surface area (Å²) in [4.78, 5) is 13.3. The van der Waals surface area contributed by atoms with Crippen LogP contribution in [0.15, 0.2) is 48.5 Å². The number of carbonyl (C=O) groups is 1. The average Bonchev–Trinajstić information content (AvgIpc) is 3.48. The summed E-state index contributed by atoms with van der Waals surface area (Å²) in [7, 11) is 1.90. The van der Waals surface area contributed by atoms with Gasteiger partial charge >= 0.3 is 0 Å². The SMILES string of the molecule is CN[C@H]1CC2O[C@](C)([C@H]1O)n1c3ccccc3c3c4c(c5c6ccccc6n2c5c31)C(=O)NC4. The van der Waals surface area contributed by atoms with E-state index in [1.807, 2.05) is 38.2 Å². The lowest BCUT2D eigenvalue weighted by Gasteiger charge is -2.46. The number of nitrogens with zero attached hydrogens (tertiary/aromatic N) is 2. The molecule has 4 atom stereocenters. The molecule has 0 saturated carbocycles. The maximum Gasteiger partial charge on any atom is 0.252 e. The summed E-state index contributed by atoms with van der Waals surface area (Å²) in [6.07, 6.45) is -0.432. The number of carbonyl (C=O) groups excluding carboxylic acids is 1. The van der Waals surface area contributed by atoms with Crippen LogP contribution in [-0.2, 0) is 17.0 Å². The van der Waals surface area contributed by atoms with Gasteiger partial charge in [-0.2, -0.15) is 0 Å². The van der Waals surface area contributed by atoms with Crippen molar-refractivity contribution in [2.45, 2.75) is 44.0 Å². The van der Waals surface area contributed by atoms with Gasteiger partial charge in [0.15, 0.2) is 5.72 Å². The van der Waals surface area contributed by atoms with E-state index in [9.17, 15) is 9.90 Å². The molecule has 3 aliphatic heterocycles. The number of hydrogen-bond acceptors (Lipinski definition) is 4. The Bertz CT molecular complexity index is 1730. The number of aromatic nitrogens is 2. The molecule has 34 heavy (non-hydrogen) atoms. The Kier molecular flexibility index (Phi) is 3.34. The minimum absolute atomic E-state index is 0.0240. The third-order valence-electron chi connectivity index (χ3n) is 8.38. The van der Waals surface area contributed by atoms with E-state index in [1.165, 1.54) is 0 Å². The van der Waals surface area contributed by atoms with Crippen molar-refractivity contribution >= 4 is 49.5 Å². The predicted molar refractivity (Wildman–Crippen MR) is 131 cm³/mol. The average molecular weight is 453 g/mol. The van der Waals surface area contributed by atoms with Crippen molar-refractivity contribution in [3.05, 3.63) is 59.7 Å². The molecular weight excluding hydrogens is 428 g/mol. The van der Waals surface area contributed by atoms with Crippen molar-refractivity contribution in [3.63, 3.8) is 0 Å². The first-order valence-electron chi connectivity index (χ1n) is 11.9. The zero-order valence-electron chi connectivity index (χ0n) is 18.9. The largest absolute Gasteiger partial charge is 0.386 e. The van der Waals surface area contributed by atoms with Crippen LogP contribution in [-0.4, -0.2) is 39.3 Å². The smallest absolute Gasteiger partial charge is 0.252 e. The van der Waals surface area contributed by atoms with Crippen molar-refractivity contribution in [2.24, 2.45) is 0 Å². The van der Waals surface area contributed by atoms with Crippen molar-refractivity contribution in [1.29, 1.82) is 0 Å². The lowest BCUT2D eigenvalue weighted by molar-refractivity contribution is -0.249. The number of benzene rings is 3. The number of fused-ring (bicyclic) bond motifs is 13. The van der Waals surface area contributed by atoms with E-state index in [-0.39, 0.29) is 18.2 Å². The fourth-order valence-electron chi connectivity index (χ4n) is 6.97. The van der Waals surface area contributed by atoms with Crippen LogP contribution in [0.3, 0.4) is 0 Å². The van der Waals surface area contributed by atoms with E-state index in [2.05, 4.69) is 44.0 Å². The van der Waals surface area contributed by atoms with E-state index in [0.29, 0.717) is 13.0 Å². The second-order valence-electron chi connectivity index (χ2n) is 9.93. The van der Waals surface area contributed by atoms with Gasteiger partial charge in [-0.05, 0) is 31.7 Å². The molecule has 7 heteroatoms. The first-order valence-corrected chi connectivity index (χ1v) is 11.9. The van der Waals surface area contributed by atoms with Gasteiger partial charge in [0.05, 0.1) is 27.6 Å². The molecule has 5 aromatic rings. The summed E-state index contributed by atoms with van der Waals surface area (Å²) in [5.74, 6) is -0.0240. The fraction of sp³-hybridized carbons (Fsp3) is 0.296. The van der Waals surface area contributed by atoms with Crippen LogP contribution >= 0.6 is 0 Å². The molecule has 7 nitrogen and oxygen atoms in total. The highest BCUT2D eigenvalue weighted by atomic mass is 16.6. The van der Waals surface area contributed by atoms with E-state index in [0.717, 1.165) is 54.7 Å². The summed E-state index contributed by atoms with van der Waals surface area (Å²) in [5.41, 5.74) is 4.91. The second-order valence-corrected chi connectivity index (χ2v) is 9.93. The number of para-hydroxylation sites is 2. The summed E-state index contributed by atoms with van der Waals surface area (Å²) < 4.78 is 11.3. The first-order chi connectivity index (χ1) is 16.5. The summed E-state index contributed by atoms with van der Waals surface area (Å²) in [6.45, 7) is 2.49. The Balaban J connectivity index is 1.74. The molecule has 8 rings (SSSR count). The number of aliphatic hydroxyl groups is 1. The molecule has 0 radical (unpaired) electrons. The van der Waals surface area contributed by atoms with Crippen LogP contribution in [0.2, 0.25) is 0 Å². The lowest BCUT2D eigenvalue weighted by Crippen LogP contribution is -2.58. The minimum atomic E-state index is -0.991. The molecule has 0 aliphatic carbocycles. The summed E-state index contributed by atoms with van der Waals surface area (Å²) in [6, 6.07) is 16.4. The van der Waals surface area contributed by atoms with Gasteiger partial charge in [-0.25, -0.2) is 0 Å². The number of ether oxygens (including phenoxy) is 1. The number of nitrogens with one attached hydrogen (secondary N) is 2. The number of hydrogen-bond donors (Lipinski definition) is 3. The summed E-state index contributed by atoms with van der Waals surface area (Å²) in [5, 5.41) is 22.2. The van der Waals surface area contributed by atoms with Crippen LogP contribution < -0.4 is 10.6 Å². The molecule has 1 fully saturated rings. The van der Waals surface area contributed by atoms with Gasteiger partial charge in [-0.3, -0.25) is 4.79 Å². The zero-order valence-corrected chi connectivity index (χ0v) is 18.9. The number of rotatable bonds is 1. The monoisotopic (exact) mass is 452 g/mol. The van der Waals surface area contributed by atoms with Gasteiger partial charge in [-0.15, -0.1) is 0 Å². The highest BCUT2D eigenvalue weighted by molar-refractivity contribution is 6.31. The lowest BCUT2D eigenvalue weighted by atomic mass is 9.93. The second kappa shape index (κ2) is 5.99. The molecule has 1 unspecified atom stereocenters. The molecule has 3 N–H and O–H groups in total. The molecule has 3 aliphatic rings. The first kappa shape index (κ1) is 19.0. The highest BCUT2D eigenvalue weighted by Gasteiger charge is 2.52. The van der Waals surface area contributed by atoms with Gasteiger partial charge in [0.25, 0.3) is 5.91 Å². The fourth-order valence-corrected chi connectivity index (χ4v) is 6.97. The summed E-state index contributed by atoms with van der Waals surface area (Å²) >= 11 is 0. The molecule has 3 aromatic carbocycles. The van der Waals surface area contributed by atoms with Crippen molar-refractivity contribution < 1.29 is 14.6 Å². The Labute approximate surface area is 194 Å². The Morgan fingerprint density at radius 1 is 1.06 bits per heavy atom.